The van der Waals surface area contributed by atoms with E-state index in [1.165, 1.54) is 23.9 Å². The third-order valence-electron chi connectivity index (χ3n) is 1.46. The van der Waals surface area contributed by atoms with E-state index >= 15 is 0 Å². The van der Waals surface area contributed by atoms with Gasteiger partial charge in [-0.3, -0.25) is 0 Å². The smallest absolute Gasteiger partial charge is 0.137 e. The molecule has 0 aliphatic rings. The molecule has 0 aromatic heterocycles. The van der Waals surface area contributed by atoms with Crippen molar-refractivity contribution in [1.29, 1.82) is 0 Å². The molecular weight excluding hydrogens is 246 g/mol. The molecule has 1 aromatic rings. The quantitative estimate of drug-likeness (QED) is 0.573. The molecule has 0 bridgehead atoms. The molecule has 0 amide bonds. The number of thioether (sulfide) groups is 1. The van der Waals surface area contributed by atoms with Crippen molar-refractivity contribution in [2.75, 3.05) is 6.26 Å². The standard InChI is InChI=1S/C8H7BrF2S/c1-12-8-3-6(10)5(4-9)2-7(8)11/h2-3H,4H2,1H3. The molecule has 0 saturated carbocycles. The van der Waals surface area contributed by atoms with Crippen molar-refractivity contribution < 1.29 is 8.78 Å². The van der Waals surface area contributed by atoms with Crippen LogP contribution in [0.3, 0.4) is 0 Å². The Morgan fingerprint density at radius 2 is 2.00 bits per heavy atom. The van der Waals surface area contributed by atoms with Crippen LogP contribution in [0.15, 0.2) is 17.0 Å². The average molecular weight is 253 g/mol. The Labute approximate surface area is 82.5 Å². The Morgan fingerprint density at radius 3 is 2.50 bits per heavy atom. The molecule has 0 N–H and O–H groups in total. The van der Waals surface area contributed by atoms with E-state index in [1.807, 2.05) is 0 Å². The normalized spacial score (nSPS) is 10.3. The van der Waals surface area contributed by atoms with Crippen LogP contribution in [-0.4, -0.2) is 6.26 Å². The van der Waals surface area contributed by atoms with Crippen LogP contribution in [-0.2, 0) is 5.33 Å². The largest absolute Gasteiger partial charge is 0.207 e. The van der Waals surface area contributed by atoms with Gasteiger partial charge in [-0.25, -0.2) is 8.78 Å². The second-order valence-corrected chi connectivity index (χ2v) is 3.62. The lowest BCUT2D eigenvalue weighted by molar-refractivity contribution is 0.570. The zero-order valence-electron chi connectivity index (χ0n) is 6.40. The lowest BCUT2D eigenvalue weighted by Crippen LogP contribution is -1.90. The minimum Gasteiger partial charge on any atom is -0.207 e. The van der Waals surface area contributed by atoms with Crippen molar-refractivity contribution >= 4 is 27.7 Å². The summed E-state index contributed by atoms with van der Waals surface area (Å²) in [6.07, 6.45) is 1.71. The van der Waals surface area contributed by atoms with Gasteiger partial charge < -0.3 is 0 Å². The molecule has 0 aliphatic heterocycles. The van der Waals surface area contributed by atoms with E-state index in [0.717, 1.165) is 0 Å². The molecule has 0 nitrogen and oxygen atoms in total. The lowest BCUT2D eigenvalue weighted by atomic mass is 10.2. The Kier molecular flexibility index (Phi) is 3.53. The van der Waals surface area contributed by atoms with Crippen LogP contribution in [0.2, 0.25) is 0 Å². The Bertz CT molecular complexity index is 259. The average Bonchev–Trinajstić information content (AvgIpc) is 2.08. The van der Waals surface area contributed by atoms with Crippen LogP contribution in [0.25, 0.3) is 0 Å². The van der Waals surface area contributed by atoms with Crippen molar-refractivity contribution in [3.63, 3.8) is 0 Å². The highest BCUT2D eigenvalue weighted by molar-refractivity contribution is 9.08. The summed E-state index contributed by atoms with van der Waals surface area (Å²) in [5.41, 5.74) is 0.352. The molecule has 1 rings (SSSR count). The predicted octanol–water partition coefficient (Wildman–Crippen LogP) is 3.58. The van der Waals surface area contributed by atoms with Crippen molar-refractivity contribution in [3.8, 4) is 0 Å². The fourth-order valence-electron chi connectivity index (χ4n) is 0.829. The number of hydrogen-bond acceptors (Lipinski definition) is 1. The lowest BCUT2D eigenvalue weighted by Gasteiger charge is -2.02. The first-order valence-electron chi connectivity index (χ1n) is 3.27. The Hall–Kier alpha value is -0.0900. The SMILES string of the molecule is CSc1cc(F)c(CBr)cc1F. The Balaban J connectivity index is 3.16. The number of halogens is 3. The second kappa shape index (κ2) is 4.23. The summed E-state index contributed by atoms with van der Waals surface area (Å²) < 4.78 is 26.0. The maximum absolute atomic E-state index is 13.0. The minimum absolute atomic E-state index is 0.338. The van der Waals surface area contributed by atoms with Gasteiger partial charge >= 0.3 is 0 Å². The molecule has 12 heavy (non-hydrogen) atoms. The van der Waals surface area contributed by atoms with E-state index in [-0.39, 0.29) is 11.6 Å². The molecule has 0 radical (unpaired) electrons. The van der Waals surface area contributed by atoms with E-state index in [2.05, 4.69) is 15.9 Å². The van der Waals surface area contributed by atoms with Gasteiger partial charge in [0.1, 0.15) is 11.6 Å². The summed E-state index contributed by atoms with van der Waals surface area (Å²) in [7, 11) is 0. The van der Waals surface area contributed by atoms with E-state index in [0.29, 0.717) is 15.8 Å². The molecule has 1 aromatic carbocycles. The first-order valence-corrected chi connectivity index (χ1v) is 5.61. The van der Waals surface area contributed by atoms with Gasteiger partial charge in [-0.2, -0.15) is 0 Å². The van der Waals surface area contributed by atoms with Crippen LogP contribution in [0.1, 0.15) is 5.56 Å². The predicted molar refractivity (Wildman–Crippen MR) is 50.8 cm³/mol. The summed E-state index contributed by atoms with van der Waals surface area (Å²) in [5, 5.41) is 0.338. The van der Waals surface area contributed by atoms with Crippen molar-refractivity contribution in [1.82, 2.24) is 0 Å². The van der Waals surface area contributed by atoms with E-state index in [9.17, 15) is 8.78 Å². The topological polar surface area (TPSA) is 0 Å². The summed E-state index contributed by atoms with van der Waals surface area (Å²) in [6, 6.07) is 2.44. The van der Waals surface area contributed by atoms with Crippen LogP contribution < -0.4 is 0 Å². The van der Waals surface area contributed by atoms with Crippen molar-refractivity contribution in [2.24, 2.45) is 0 Å². The molecule has 66 valence electrons. The van der Waals surface area contributed by atoms with Gasteiger partial charge in [-0.1, -0.05) is 15.9 Å². The Morgan fingerprint density at radius 1 is 1.33 bits per heavy atom. The van der Waals surface area contributed by atoms with Crippen LogP contribution in [0.4, 0.5) is 8.78 Å². The molecule has 0 fully saturated rings. The van der Waals surface area contributed by atoms with E-state index < -0.39 is 0 Å². The maximum Gasteiger partial charge on any atom is 0.137 e. The molecule has 0 atom stereocenters. The highest BCUT2D eigenvalue weighted by Gasteiger charge is 2.07. The van der Waals surface area contributed by atoms with Crippen LogP contribution >= 0.6 is 27.7 Å². The number of alkyl halides is 1. The van der Waals surface area contributed by atoms with E-state index in [4.69, 9.17) is 0 Å². The van der Waals surface area contributed by atoms with Crippen molar-refractivity contribution in [3.05, 3.63) is 29.3 Å². The first-order chi connectivity index (χ1) is 5.69. The van der Waals surface area contributed by atoms with Gasteiger partial charge in [0, 0.05) is 15.8 Å². The molecule has 4 heteroatoms. The molecule has 0 unspecified atom stereocenters. The van der Waals surface area contributed by atoms with Gasteiger partial charge in [0.05, 0.1) is 0 Å². The molecule has 0 saturated heterocycles. The second-order valence-electron chi connectivity index (χ2n) is 2.21. The highest BCUT2D eigenvalue weighted by Crippen LogP contribution is 2.23. The van der Waals surface area contributed by atoms with Gasteiger partial charge in [0.2, 0.25) is 0 Å². The number of rotatable bonds is 2. The molecule has 0 spiro atoms. The van der Waals surface area contributed by atoms with Crippen molar-refractivity contribution in [2.45, 2.75) is 10.2 Å². The summed E-state index contributed by atoms with van der Waals surface area (Å²) in [4.78, 5) is 0.345. The number of benzene rings is 1. The maximum atomic E-state index is 13.0. The van der Waals surface area contributed by atoms with Gasteiger partial charge in [0.25, 0.3) is 0 Å². The van der Waals surface area contributed by atoms with E-state index in [1.54, 1.807) is 6.26 Å². The van der Waals surface area contributed by atoms with Gasteiger partial charge in [-0.15, -0.1) is 11.8 Å². The third kappa shape index (κ3) is 1.98. The van der Waals surface area contributed by atoms with Gasteiger partial charge in [-0.05, 0) is 18.4 Å². The van der Waals surface area contributed by atoms with Crippen LogP contribution in [0, 0.1) is 11.6 Å². The monoisotopic (exact) mass is 252 g/mol. The molecular formula is C8H7BrF2S. The minimum atomic E-state index is -0.363. The zero-order valence-corrected chi connectivity index (χ0v) is 8.81. The fraction of sp³-hybridized carbons (Fsp3) is 0.250. The summed E-state index contributed by atoms with van der Waals surface area (Å²) in [6.45, 7) is 0. The fourth-order valence-corrected chi connectivity index (χ4v) is 1.73. The molecule has 0 heterocycles. The summed E-state index contributed by atoms with van der Waals surface area (Å²) in [5.74, 6) is -0.726. The number of hydrogen-bond donors (Lipinski definition) is 0. The van der Waals surface area contributed by atoms with Crippen LogP contribution in [0.5, 0.6) is 0 Å². The molecule has 0 aliphatic carbocycles. The van der Waals surface area contributed by atoms with Gasteiger partial charge in [0.15, 0.2) is 0 Å². The first kappa shape index (κ1) is 9.99. The summed E-state index contributed by atoms with van der Waals surface area (Å²) >= 11 is 4.27. The third-order valence-corrected chi connectivity index (χ3v) is 2.82. The highest BCUT2D eigenvalue weighted by atomic mass is 79.9. The zero-order chi connectivity index (χ0) is 9.14.